The van der Waals surface area contributed by atoms with E-state index in [0.717, 1.165) is 142 Å². The Morgan fingerprint density at radius 2 is 0.657 bits per heavy atom. The van der Waals surface area contributed by atoms with Crippen LogP contribution in [-0.2, 0) is 10.8 Å². The monoisotopic (exact) mass is 1410 g/mol. The molecule has 6 nitrogen and oxygen atoms in total. The molecule has 0 radical (unpaired) electrons. The number of aromatic nitrogens is 4. The van der Waals surface area contributed by atoms with Gasteiger partial charge < -0.3 is 9.47 Å². The molecule has 2 aliphatic heterocycles. The van der Waals surface area contributed by atoms with Gasteiger partial charge in [0.05, 0.1) is 42.7 Å². The van der Waals surface area contributed by atoms with E-state index in [0.29, 0.717) is 11.6 Å². The van der Waals surface area contributed by atoms with Crippen molar-refractivity contribution >= 4 is 95.6 Å². The number of fused-ring (bicyclic) bond motifs is 29. The number of para-hydroxylation sites is 3. The molecule has 2 spiro atoms. The summed E-state index contributed by atoms with van der Waals surface area (Å²) in [6.45, 7) is 0. The Morgan fingerprint density at radius 3 is 1.26 bits per heavy atom. The standard InChI is InChI=1S/C100H56N4O2S2/c1-2-23-60-53-66(41-40-57(60)20-1)97-101-91(95-93(103-97)73-30-9-17-38-87(73)107-95)64-42-48-72-81(56-64)100(79-50-45-59-22-4-6-28-69(59)90(72)79)77-34-13-16-37-85(77)106-86-51-46-62(54-82(86)100)61-24-19-25-63(52-61)67-26-7-8-29-70(67)98-102-92(96-94(104-98)74-31-10-18-39-88(74)108-96)65-43-47-71-80(55-65)99(78-49-44-58-21-3-5-27-68(58)89(71)78)75-32-11-14-35-83(75)105-84-36-15-12-33-76(84)99/h1-56H. The lowest BCUT2D eigenvalue weighted by atomic mass is 9.65. The second kappa shape index (κ2) is 22.5. The number of rotatable bonds is 6. The van der Waals surface area contributed by atoms with Gasteiger partial charge in [0, 0.05) is 64.7 Å². The minimum absolute atomic E-state index is 0.658. The van der Waals surface area contributed by atoms with Gasteiger partial charge in [0.2, 0.25) is 0 Å². The number of hydrogen-bond acceptors (Lipinski definition) is 8. The summed E-state index contributed by atoms with van der Waals surface area (Å²) in [6.07, 6.45) is 0. The molecule has 0 bridgehead atoms. The third-order valence-corrected chi connectivity index (χ3v) is 25.8. The highest BCUT2D eigenvalue weighted by molar-refractivity contribution is 7.26. The molecule has 4 aromatic heterocycles. The molecule has 1 unspecified atom stereocenters. The minimum Gasteiger partial charge on any atom is -0.457 e. The summed E-state index contributed by atoms with van der Waals surface area (Å²) >= 11 is 3.52. The maximum Gasteiger partial charge on any atom is 0.161 e. The zero-order valence-electron chi connectivity index (χ0n) is 57.8. The SMILES string of the molecule is c1cc(-c2ccc3c(c2)C2(c4ccccc4O3)c3cc(-c4nc(-c5ccc6ccccc6c5)nc5c4sc4ccccc45)ccc3-c3c2ccc2ccccc32)cc(-c2ccccc2-c2nc(-c3ccc4c(c3)C3(c5ccccc5Oc5ccccc53)c3ccc5ccccc5c3-4)c3sc4ccccc4c3n2)c1. The molecule has 500 valence electrons. The summed E-state index contributed by atoms with van der Waals surface area (Å²) in [7, 11) is 0. The fraction of sp³-hybridized carbons (Fsp3) is 0.0200. The molecule has 8 heteroatoms. The first-order chi connectivity index (χ1) is 53.5. The fourth-order valence-electron chi connectivity index (χ4n) is 18.8. The van der Waals surface area contributed by atoms with E-state index < -0.39 is 10.8 Å². The molecular weight excluding hydrogens is 1350 g/mol. The molecule has 108 heavy (non-hydrogen) atoms. The summed E-state index contributed by atoms with van der Waals surface area (Å²) in [5.41, 5.74) is 24.4. The third-order valence-electron chi connectivity index (χ3n) is 23.4. The molecule has 0 fully saturated rings. The van der Waals surface area contributed by atoms with E-state index >= 15 is 0 Å². The Bertz CT molecular complexity index is 7330. The van der Waals surface area contributed by atoms with Crippen molar-refractivity contribution in [2.45, 2.75) is 10.8 Å². The number of ether oxygens (including phenoxy) is 2. The lowest BCUT2D eigenvalue weighted by Gasteiger charge is -2.39. The Morgan fingerprint density at radius 1 is 0.231 bits per heavy atom. The van der Waals surface area contributed by atoms with Crippen molar-refractivity contribution in [2.75, 3.05) is 0 Å². The van der Waals surface area contributed by atoms with Gasteiger partial charge in [-0.3, -0.25) is 0 Å². The second-order valence-electron chi connectivity index (χ2n) is 28.9. The molecule has 24 rings (SSSR count). The Kier molecular flexibility index (Phi) is 12.5. The van der Waals surface area contributed by atoms with Gasteiger partial charge in [0.15, 0.2) is 11.6 Å². The van der Waals surface area contributed by atoms with Crippen molar-refractivity contribution in [3.05, 3.63) is 384 Å². The fourth-order valence-corrected chi connectivity index (χ4v) is 21.1. The maximum absolute atomic E-state index is 7.20. The Labute approximate surface area is 628 Å². The molecule has 0 saturated carbocycles. The number of thiophene rings is 2. The quantitative estimate of drug-likeness (QED) is 0.165. The average Bonchev–Trinajstić information content (AvgIpc) is 1.51. The van der Waals surface area contributed by atoms with Crippen LogP contribution in [0.4, 0.5) is 0 Å². The van der Waals surface area contributed by atoms with Crippen molar-refractivity contribution in [3.63, 3.8) is 0 Å². The first-order valence-electron chi connectivity index (χ1n) is 36.7. The molecule has 16 aromatic carbocycles. The van der Waals surface area contributed by atoms with Crippen LogP contribution in [0.3, 0.4) is 0 Å². The second-order valence-corrected chi connectivity index (χ2v) is 31.0. The van der Waals surface area contributed by atoms with Gasteiger partial charge in [-0.2, -0.15) is 0 Å². The lowest BCUT2D eigenvalue weighted by molar-refractivity contribution is 0.436. The number of benzene rings is 16. The zero-order valence-corrected chi connectivity index (χ0v) is 59.4. The molecular formula is C100H56N4O2S2. The van der Waals surface area contributed by atoms with Crippen molar-refractivity contribution in [3.8, 4) is 113 Å². The van der Waals surface area contributed by atoms with Crippen molar-refractivity contribution in [2.24, 2.45) is 0 Å². The van der Waals surface area contributed by atoms with Crippen LogP contribution in [0.5, 0.6) is 23.0 Å². The molecule has 0 amide bonds. The van der Waals surface area contributed by atoms with E-state index in [9.17, 15) is 0 Å². The van der Waals surface area contributed by atoms with E-state index in [4.69, 9.17) is 29.4 Å². The van der Waals surface area contributed by atoms with Gasteiger partial charge in [0.25, 0.3) is 0 Å². The van der Waals surface area contributed by atoms with Crippen molar-refractivity contribution in [1.29, 1.82) is 0 Å². The molecule has 4 aliphatic rings. The molecule has 20 aromatic rings. The van der Waals surface area contributed by atoms with Crippen LogP contribution in [0.15, 0.2) is 340 Å². The molecule has 6 heterocycles. The summed E-state index contributed by atoms with van der Waals surface area (Å²) in [5.74, 6) is 4.71. The first kappa shape index (κ1) is 59.8. The normalized spacial score (nSPS) is 14.6. The topological polar surface area (TPSA) is 70.0 Å². The van der Waals surface area contributed by atoms with Crippen LogP contribution in [0.25, 0.3) is 163 Å². The zero-order chi connectivity index (χ0) is 70.5. The predicted octanol–water partition coefficient (Wildman–Crippen LogP) is 26.4. The van der Waals surface area contributed by atoms with Crippen molar-refractivity contribution < 1.29 is 9.47 Å². The van der Waals surface area contributed by atoms with E-state index in [1.54, 1.807) is 22.7 Å². The third kappa shape index (κ3) is 8.30. The van der Waals surface area contributed by atoms with Crippen LogP contribution >= 0.6 is 22.7 Å². The van der Waals surface area contributed by atoms with Crippen molar-refractivity contribution in [1.82, 2.24) is 19.9 Å². The summed E-state index contributed by atoms with van der Waals surface area (Å²) in [4.78, 5) is 22.6. The highest BCUT2D eigenvalue weighted by Crippen LogP contribution is 2.66. The Hall–Kier alpha value is -13.5. The minimum atomic E-state index is -0.834. The van der Waals surface area contributed by atoms with E-state index in [-0.39, 0.29) is 0 Å². The maximum atomic E-state index is 7.20. The van der Waals surface area contributed by atoms with Gasteiger partial charge in [-0.15, -0.1) is 22.7 Å². The molecule has 0 N–H and O–H groups in total. The van der Waals surface area contributed by atoms with Crippen LogP contribution < -0.4 is 9.47 Å². The highest BCUT2D eigenvalue weighted by atomic mass is 32.1. The van der Waals surface area contributed by atoms with Crippen LogP contribution in [0, 0.1) is 0 Å². The smallest absolute Gasteiger partial charge is 0.161 e. The number of nitrogens with zero attached hydrogens (tertiary/aromatic N) is 4. The van der Waals surface area contributed by atoms with Gasteiger partial charge in [-0.25, -0.2) is 19.9 Å². The van der Waals surface area contributed by atoms with Crippen LogP contribution in [0.1, 0.15) is 44.5 Å². The van der Waals surface area contributed by atoms with Gasteiger partial charge in [-0.1, -0.05) is 273 Å². The van der Waals surface area contributed by atoms with Gasteiger partial charge in [0.1, 0.15) is 23.0 Å². The van der Waals surface area contributed by atoms with Gasteiger partial charge >= 0.3 is 0 Å². The van der Waals surface area contributed by atoms with E-state index in [2.05, 4.69) is 340 Å². The summed E-state index contributed by atoms with van der Waals surface area (Å²) < 4.78 is 18.5. The highest BCUT2D eigenvalue weighted by Gasteiger charge is 2.54. The predicted molar refractivity (Wildman–Crippen MR) is 443 cm³/mol. The summed E-state index contributed by atoms with van der Waals surface area (Å²) in [5, 5.41) is 9.38. The number of hydrogen-bond donors (Lipinski definition) is 0. The molecule has 2 aliphatic carbocycles. The lowest BCUT2D eigenvalue weighted by Crippen LogP contribution is -2.32. The van der Waals surface area contributed by atoms with Gasteiger partial charge in [-0.05, 0) is 166 Å². The van der Waals surface area contributed by atoms with Crippen LogP contribution in [-0.4, -0.2) is 19.9 Å². The molecule has 0 saturated heterocycles. The van der Waals surface area contributed by atoms with Crippen LogP contribution in [0.2, 0.25) is 0 Å². The molecule has 1 atom stereocenters. The largest absolute Gasteiger partial charge is 0.457 e. The summed E-state index contributed by atoms with van der Waals surface area (Å²) in [6, 6.07) is 124. The van der Waals surface area contributed by atoms with E-state index in [1.165, 1.54) is 76.1 Å². The average molecular weight is 1410 g/mol. The van der Waals surface area contributed by atoms with E-state index in [1.807, 2.05) is 0 Å². The Balaban J connectivity index is 0.680. The first-order valence-corrected chi connectivity index (χ1v) is 38.3.